The van der Waals surface area contributed by atoms with Gasteiger partial charge in [0.25, 0.3) is 5.91 Å². The van der Waals surface area contributed by atoms with Crippen LogP contribution in [0, 0.1) is 12.8 Å². The standard InChI is InChI=1S/C19H28N2O3/c1-14-4-7-18(21-8-2-3-9-21)17(10-14)19(23)20-11-16(22)13-24-12-15-5-6-15/h4,7,10,15-16,22H,2-3,5-6,8-9,11-13H2,1H3,(H,20,23). The highest BCUT2D eigenvalue weighted by atomic mass is 16.5. The number of rotatable bonds is 8. The van der Waals surface area contributed by atoms with E-state index in [1.165, 1.54) is 25.7 Å². The van der Waals surface area contributed by atoms with Crippen LogP contribution < -0.4 is 10.2 Å². The van der Waals surface area contributed by atoms with E-state index in [2.05, 4.69) is 10.2 Å². The molecule has 5 nitrogen and oxygen atoms in total. The maximum absolute atomic E-state index is 12.6. The van der Waals surface area contributed by atoms with Crippen molar-refractivity contribution in [3.05, 3.63) is 29.3 Å². The summed E-state index contributed by atoms with van der Waals surface area (Å²) in [6, 6.07) is 6.01. The minimum Gasteiger partial charge on any atom is -0.389 e. The number of carbonyl (C=O) groups is 1. The third-order valence-electron chi connectivity index (χ3n) is 4.70. The third-order valence-corrected chi connectivity index (χ3v) is 4.70. The molecule has 1 aliphatic heterocycles. The quantitative estimate of drug-likeness (QED) is 0.765. The van der Waals surface area contributed by atoms with Gasteiger partial charge in [-0.3, -0.25) is 4.79 Å². The van der Waals surface area contributed by atoms with Crippen LogP contribution in [0.3, 0.4) is 0 Å². The van der Waals surface area contributed by atoms with Gasteiger partial charge >= 0.3 is 0 Å². The molecule has 1 heterocycles. The van der Waals surface area contributed by atoms with Gasteiger partial charge in [-0.1, -0.05) is 11.6 Å². The summed E-state index contributed by atoms with van der Waals surface area (Å²) >= 11 is 0. The summed E-state index contributed by atoms with van der Waals surface area (Å²) in [6.45, 7) is 5.22. The smallest absolute Gasteiger partial charge is 0.253 e. The number of carbonyl (C=O) groups excluding carboxylic acids is 1. The molecule has 2 N–H and O–H groups in total. The maximum atomic E-state index is 12.6. The Hall–Kier alpha value is -1.59. The lowest BCUT2D eigenvalue weighted by molar-refractivity contribution is 0.0321. The molecule has 132 valence electrons. The van der Waals surface area contributed by atoms with Crippen LogP contribution in [0.2, 0.25) is 0 Å². The van der Waals surface area contributed by atoms with Gasteiger partial charge < -0.3 is 20.1 Å². The van der Waals surface area contributed by atoms with E-state index >= 15 is 0 Å². The van der Waals surface area contributed by atoms with Crippen molar-refractivity contribution in [2.75, 3.05) is 37.7 Å². The van der Waals surface area contributed by atoms with E-state index < -0.39 is 6.10 Å². The second-order valence-electron chi connectivity index (χ2n) is 7.06. The van der Waals surface area contributed by atoms with E-state index in [-0.39, 0.29) is 19.1 Å². The average molecular weight is 332 g/mol. The molecule has 1 atom stereocenters. The first-order chi connectivity index (χ1) is 11.6. The first-order valence-corrected chi connectivity index (χ1v) is 9.03. The van der Waals surface area contributed by atoms with Crippen molar-refractivity contribution in [3.63, 3.8) is 0 Å². The van der Waals surface area contributed by atoms with E-state index in [0.29, 0.717) is 11.5 Å². The number of aryl methyl sites for hydroxylation is 1. The minimum absolute atomic E-state index is 0.123. The van der Waals surface area contributed by atoms with Crippen molar-refractivity contribution in [3.8, 4) is 0 Å². The summed E-state index contributed by atoms with van der Waals surface area (Å²) in [5.41, 5.74) is 2.76. The predicted octanol–water partition coefficient (Wildman–Crippen LogP) is 2.11. The van der Waals surface area contributed by atoms with Crippen LogP contribution >= 0.6 is 0 Å². The Balaban J connectivity index is 1.54. The van der Waals surface area contributed by atoms with E-state index in [9.17, 15) is 9.90 Å². The van der Waals surface area contributed by atoms with Crippen LogP contribution in [0.5, 0.6) is 0 Å². The van der Waals surface area contributed by atoms with Crippen LogP contribution in [0.25, 0.3) is 0 Å². The number of benzene rings is 1. The molecule has 0 bridgehead atoms. The van der Waals surface area contributed by atoms with Crippen LogP contribution in [0.15, 0.2) is 18.2 Å². The highest BCUT2D eigenvalue weighted by Gasteiger charge is 2.22. The molecular formula is C19H28N2O3. The molecule has 0 aromatic heterocycles. The zero-order valence-electron chi connectivity index (χ0n) is 14.5. The van der Waals surface area contributed by atoms with Gasteiger partial charge in [0.2, 0.25) is 0 Å². The van der Waals surface area contributed by atoms with Gasteiger partial charge in [-0.25, -0.2) is 0 Å². The van der Waals surface area contributed by atoms with E-state index in [0.717, 1.165) is 30.9 Å². The summed E-state index contributed by atoms with van der Waals surface area (Å²) in [4.78, 5) is 14.8. The Morgan fingerprint density at radius 1 is 1.38 bits per heavy atom. The number of aliphatic hydroxyl groups excluding tert-OH is 1. The number of nitrogens with one attached hydrogen (secondary N) is 1. The van der Waals surface area contributed by atoms with Gasteiger partial charge in [-0.2, -0.15) is 0 Å². The first kappa shape index (κ1) is 17.2. The SMILES string of the molecule is Cc1ccc(N2CCCC2)c(C(=O)NCC(O)COCC2CC2)c1. The fourth-order valence-electron chi connectivity index (χ4n) is 3.09. The summed E-state index contributed by atoms with van der Waals surface area (Å²) in [6.07, 6.45) is 4.16. The van der Waals surface area contributed by atoms with Gasteiger partial charge in [0, 0.05) is 31.9 Å². The minimum atomic E-state index is -0.659. The Labute approximate surface area is 144 Å². The average Bonchev–Trinajstić information content (AvgIpc) is 3.23. The number of anilines is 1. The summed E-state index contributed by atoms with van der Waals surface area (Å²) < 4.78 is 5.47. The lowest BCUT2D eigenvalue weighted by Crippen LogP contribution is -2.35. The lowest BCUT2D eigenvalue weighted by Gasteiger charge is -2.22. The van der Waals surface area contributed by atoms with Crippen LogP contribution in [0.4, 0.5) is 5.69 Å². The monoisotopic (exact) mass is 332 g/mol. The second kappa shape index (κ2) is 7.99. The number of nitrogens with zero attached hydrogens (tertiary/aromatic N) is 1. The van der Waals surface area contributed by atoms with Crippen molar-refractivity contribution >= 4 is 11.6 Å². The van der Waals surface area contributed by atoms with Crippen molar-refractivity contribution in [2.45, 2.75) is 38.7 Å². The van der Waals surface area contributed by atoms with E-state index in [1.807, 2.05) is 25.1 Å². The topological polar surface area (TPSA) is 61.8 Å². The molecule has 1 aliphatic carbocycles. The van der Waals surface area contributed by atoms with Crippen LogP contribution in [-0.4, -0.2) is 50.0 Å². The molecule has 1 saturated heterocycles. The second-order valence-corrected chi connectivity index (χ2v) is 7.06. The molecule has 1 unspecified atom stereocenters. The first-order valence-electron chi connectivity index (χ1n) is 9.03. The molecule has 1 amide bonds. The van der Waals surface area contributed by atoms with Gasteiger partial charge in [0.1, 0.15) is 0 Å². The molecule has 1 saturated carbocycles. The van der Waals surface area contributed by atoms with E-state index in [4.69, 9.17) is 4.74 Å². The van der Waals surface area contributed by atoms with Crippen LogP contribution in [-0.2, 0) is 4.74 Å². The Morgan fingerprint density at radius 2 is 2.12 bits per heavy atom. The van der Waals surface area contributed by atoms with Gasteiger partial charge in [0.15, 0.2) is 0 Å². The fraction of sp³-hybridized carbons (Fsp3) is 0.632. The largest absolute Gasteiger partial charge is 0.389 e. The molecule has 2 fully saturated rings. The van der Waals surface area contributed by atoms with E-state index in [1.54, 1.807) is 0 Å². The number of hydrogen-bond acceptors (Lipinski definition) is 4. The molecule has 0 radical (unpaired) electrons. The molecule has 1 aromatic rings. The Morgan fingerprint density at radius 3 is 2.83 bits per heavy atom. The van der Waals surface area contributed by atoms with Gasteiger partial charge in [0.05, 0.1) is 18.3 Å². The highest BCUT2D eigenvalue weighted by molar-refractivity contribution is 6.00. The molecule has 2 aliphatic rings. The molecule has 0 spiro atoms. The Bertz CT molecular complexity index is 566. The number of hydrogen-bond donors (Lipinski definition) is 2. The normalized spacial score (nSPS) is 18.7. The third kappa shape index (κ3) is 4.71. The summed E-state index contributed by atoms with van der Waals surface area (Å²) in [7, 11) is 0. The van der Waals surface area contributed by atoms with Crippen LogP contribution in [0.1, 0.15) is 41.6 Å². The molecular weight excluding hydrogens is 304 g/mol. The maximum Gasteiger partial charge on any atom is 0.253 e. The Kier molecular flexibility index (Phi) is 5.74. The molecule has 3 rings (SSSR count). The zero-order valence-corrected chi connectivity index (χ0v) is 14.5. The molecule has 1 aromatic carbocycles. The summed E-state index contributed by atoms with van der Waals surface area (Å²) in [5, 5.41) is 12.8. The summed E-state index contributed by atoms with van der Waals surface area (Å²) in [5.74, 6) is 0.559. The zero-order chi connectivity index (χ0) is 16.9. The van der Waals surface area contributed by atoms with Crippen molar-refractivity contribution < 1.29 is 14.6 Å². The van der Waals surface area contributed by atoms with Crippen molar-refractivity contribution in [1.29, 1.82) is 0 Å². The van der Waals surface area contributed by atoms with Crippen molar-refractivity contribution in [2.24, 2.45) is 5.92 Å². The van der Waals surface area contributed by atoms with Gasteiger partial charge in [-0.05, 0) is 50.7 Å². The highest BCUT2D eigenvalue weighted by Crippen LogP contribution is 2.28. The predicted molar refractivity (Wildman–Crippen MR) is 94.5 cm³/mol. The number of amides is 1. The fourth-order valence-corrected chi connectivity index (χ4v) is 3.09. The molecule has 5 heteroatoms. The lowest BCUT2D eigenvalue weighted by atomic mass is 10.1. The molecule has 24 heavy (non-hydrogen) atoms. The van der Waals surface area contributed by atoms with Crippen molar-refractivity contribution in [1.82, 2.24) is 5.32 Å². The number of aliphatic hydroxyl groups is 1. The number of ether oxygens (including phenoxy) is 1. The van der Waals surface area contributed by atoms with Gasteiger partial charge in [-0.15, -0.1) is 0 Å².